The zero-order valence-corrected chi connectivity index (χ0v) is 8.95. The van der Waals surface area contributed by atoms with E-state index in [1.54, 1.807) is 30.3 Å². The van der Waals surface area contributed by atoms with E-state index in [-0.39, 0.29) is 4.91 Å². The van der Waals surface area contributed by atoms with E-state index in [2.05, 4.69) is 0 Å². The van der Waals surface area contributed by atoms with E-state index in [9.17, 15) is 8.42 Å². The number of benzene rings is 1. The Morgan fingerprint density at radius 2 is 1.93 bits per heavy atom. The topological polar surface area (TPSA) is 84.0 Å². The molecule has 0 fully saturated rings. The number of nitrogens with zero attached hydrogens (tertiary/aromatic N) is 1. The molecule has 4 nitrogen and oxygen atoms in total. The average Bonchev–Trinajstić information content (AvgIpc) is 2.15. The molecule has 1 aromatic rings. The molecule has 0 aromatic heterocycles. The molecule has 0 aliphatic carbocycles. The Labute approximate surface area is 88.6 Å². The second kappa shape index (κ2) is 4.15. The molecule has 0 saturated heterocycles. The summed E-state index contributed by atoms with van der Waals surface area (Å²) in [5.74, 6) is 0. The van der Waals surface area contributed by atoms with Crippen molar-refractivity contribution >= 4 is 21.6 Å². The maximum atomic E-state index is 11.1. The summed E-state index contributed by atoms with van der Waals surface area (Å²) in [6.45, 7) is 0. The Balaban J connectivity index is 3.17. The van der Waals surface area contributed by atoms with E-state index >= 15 is 0 Å². The molecule has 0 radical (unpaired) electrons. The smallest absolute Gasteiger partial charge is 0.185 e. The van der Waals surface area contributed by atoms with Crippen LogP contribution in [-0.4, -0.2) is 14.7 Å². The van der Waals surface area contributed by atoms with E-state index in [0.29, 0.717) is 11.3 Å². The van der Waals surface area contributed by atoms with Crippen molar-refractivity contribution < 1.29 is 8.42 Å². The van der Waals surface area contributed by atoms with E-state index in [0.717, 1.165) is 6.26 Å². The number of hydrogen-bond donors (Lipinski definition) is 1. The van der Waals surface area contributed by atoms with Gasteiger partial charge in [0, 0.05) is 11.9 Å². The van der Waals surface area contributed by atoms with Crippen LogP contribution in [0.1, 0.15) is 5.56 Å². The van der Waals surface area contributed by atoms with Gasteiger partial charge in [-0.15, -0.1) is 0 Å². The minimum Gasteiger partial charge on any atom is -0.399 e. The van der Waals surface area contributed by atoms with Crippen LogP contribution in [-0.2, 0) is 9.84 Å². The average molecular weight is 222 g/mol. The van der Waals surface area contributed by atoms with Crippen molar-refractivity contribution in [2.24, 2.45) is 0 Å². The number of nitrogens with two attached hydrogens (primary N) is 1. The molecule has 0 heterocycles. The lowest BCUT2D eigenvalue weighted by Gasteiger charge is -1.97. The second-order valence-electron chi connectivity index (χ2n) is 3.06. The highest BCUT2D eigenvalue weighted by molar-refractivity contribution is 7.95. The molecule has 15 heavy (non-hydrogen) atoms. The Morgan fingerprint density at radius 3 is 2.33 bits per heavy atom. The number of sulfone groups is 1. The molecule has 0 spiro atoms. The lowest BCUT2D eigenvalue weighted by Crippen LogP contribution is -1.98. The second-order valence-corrected chi connectivity index (χ2v) is 5.04. The third-order valence-electron chi connectivity index (χ3n) is 1.74. The van der Waals surface area contributed by atoms with Crippen LogP contribution in [0.4, 0.5) is 5.69 Å². The van der Waals surface area contributed by atoms with Crippen LogP contribution in [0, 0.1) is 11.3 Å². The van der Waals surface area contributed by atoms with Crippen molar-refractivity contribution in [1.82, 2.24) is 0 Å². The molecule has 0 atom stereocenters. The highest BCUT2D eigenvalue weighted by atomic mass is 32.2. The van der Waals surface area contributed by atoms with Crippen molar-refractivity contribution in [1.29, 1.82) is 5.26 Å². The first-order chi connectivity index (χ1) is 6.93. The fourth-order valence-corrected chi connectivity index (χ4v) is 1.48. The maximum absolute atomic E-state index is 11.1. The fraction of sp³-hybridized carbons (Fsp3) is 0.100. The molecular formula is C10H10N2O2S. The Bertz CT molecular complexity index is 522. The summed E-state index contributed by atoms with van der Waals surface area (Å²) in [5.41, 5.74) is 6.69. The zero-order chi connectivity index (χ0) is 11.5. The van der Waals surface area contributed by atoms with Gasteiger partial charge in [-0.3, -0.25) is 0 Å². The van der Waals surface area contributed by atoms with Crippen molar-refractivity contribution in [3.63, 3.8) is 0 Å². The quantitative estimate of drug-likeness (QED) is 0.601. The molecule has 5 heteroatoms. The Kier molecular flexibility index (Phi) is 3.12. The molecule has 0 aliphatic heterocycles. The minimum absolute atomic E-state index is 0.257. The van der Waals surface area contributed by atoms with Crippen molar-refractivity contribution in [2.75, 3.05) is 12.0 Å². The summed E-state index contributed by atoms with van der Waals surface area (Å²) < 4.78 is 22.2. The summed E-state index contributed by atoms with van der Waals surface area (Å²) in [4.78, 5) is -0.257. The number of hydrogen-bond acceptors (Lipinski definition) is 4. The maximum Gasteiger partial charge on any atom is 0.185 e. The largest absolute Gasteiger partial charge is 0.399 e. The lowest BCUT2D eigenvalue weighted by molar-refractivity contribution is 0.609. The van der Waals surface area contributed by atoms with E-state index < -0.39 is 9.84 Å². The number of rotatable bonds is 2. The molecule has 0 saturated carbocycles. The van der Waals surface area contributed by atoms with Crippen LogP contribution in [0.2, 0.25) is 0 Å². The summed E-state index contributed by atoms with van der Waals surface area (Å²) in [7, 11) is -3.45. The lowest BCUT2D eigenvalue weighted by atomic mass is 10.2. The first-order valence-corrected chi connectivity index (χ1v) is 6.00. The normalized spacial score (nSPS) is 12.1. The SMILES string of the molecule is CS(=O)(=O)/C(C#N)=C/c1ccc(N)cc1. The molecule has 1 rings (SSSR count). The highest BCUT2D eigenvalue weighted by Crippen LogP contribution is 2.12. The van der Waals surface area contributed by atoms with E-state index in [1.165, 1.54) is 6.08 Å². The van der Waals surface area contributed by atoms with Gasteiger partial charge in [-0.2, -0.15) is 5.26 Å². The number of nitriles is 1. The van der Waals surface area contributed by atoms with E-state index in [1.807, 2.05) is 0 Å². The molecule has 0 bridgehead atoms. The first-order valence-electron chi connectivity index (χ1n) is 4.11. The fourth-order valence-electron chi connectivity index (χ4n) is 0.966. The van der Waals surface area contributed by atoms with Crippen molar-refractivity contribution in [3.8, 4) is 6.07 Å². The van der Waals surface area contributed by atoms with Gasteiger partial charge in [0.25, 0.3) is 0 Å². The number of allylic oxidation sites excluding steroid dienone is 1. The van der Waals surface area contributed by atoms with Crippen LogP contribution in [0.25, 0.3) is 6.08 Å². The molecular weight excluding hydrogens is 212 g/mol. The van der Waals surface area contributed by atoms with Gasteiger partial charge in [-0.1, -0.05) is 12.1 Å². The number of nitrogen functional groups attached to an aromatic ring is 1. The van der Waals surface area contributed by atoms with Crippen LogP contribution in [0.3, 0.4) is 0 Å². The molecule has 0 unspecified atom stereocenters. The summed E-state index contributed by atoms with van der Waals surface area (Å²) >= 11 is 0. The molecule has 0 amide bonds. The first kappa shape index (κ1) is 11.3. The summed E-state index contributed by atoms with van der Waals surface area (Å²) in [6, 6.07) is 8.23. The van der Waals surface area contributed by atoms with Crippen molar-refractivity contribution in [2.45, 2.75) is 0 Å². The summed E-state index contributed by atoms with van der Waals surface area (Å²) in [5, 5.41) is 8.66. The predicted molar refractivity (Wildman–Crippen MR) is 59.3 cm³/mol. The van der Waals surface area contributed by atoms with Gasteiger partial charge in [-0.25, -0.2) is 8.42 Å². The Morgan fingerprint density at radius 1 is 1.40 bits per heavy atom. The van der Waals surface area contributed by atoms with Gasteiger partial charge < -0.3 is 5.73 Å². The third-order valence-corrected chi connectivity index (χ3v) is 2.75. The minimum atomic E-state index is -3.45. The van der Waals surface area contributed by atoms with Gasteiger partial charge in [0.05, 0.1) is 0 Å². The summed E-state index contributed by atoms with van der Waals surface area (Å²) in [6.07, 6.45) is 2.31. The third kappa shape index (κ3) is 3.11. The van der Waals surface area contributed by atoms with Gasteiger partial charge in [0.2, 0.25) is 0 Å². The monoisotopic (exact) mass is 222 g/mol. The Hall–Kier alpha value is -1.80. The molecule has 78 valence electrons. The van der Waals surface area contributed by atoms with Gasteiger partial charge in [-0.05, 0) is 23.8 Å². The zero-order valence-electron chi connectivity index (χ0n) is 8.14. The van der Waals surface area contributed by atoms with Gasteiger partial charge in [0.15, 0.2) is 9.84 Å². The van der Waals surface area contributed by atoms with Crippen LogP contribution in [0.15, 0.2) is 29.2 Å². The van der Waals surface area contributed by atoms with E-state index in [4.69, 9.17) is 11.0 Å². The molecule has 1 aromatic carbocycles. The standard InChI is InChI=1S/C10H10N2O2S/c1-15(13,14)10(7-11)6-8-2-4-9(12)5-3-8/h2-6H,12H2,1H3/b10-6+. The van der Waals surface area contributed by atoms with Gasteiger partial charge >= 0.3 is 0 Å². The van der Waals surface area contributed by atoms with Crippen LogP contribution < -0.4 is 5.73 Å². The molecule has 0 aliphatic rings. The molecule has 2 N–H and O–H groups in total. The van der Waals surface area contributed by atoms with Crippen molar-refractivity contribution in [3.05, 3.63) is 34.7 Å². The van der Waals surface area contributed by atoms with Crippen LogP contribution in [0.5, 0.6) is 0 Å². The van der Waals surface area contributed by atoms with Crippen LogP contribution >= 0.6 is 0 Å². The predicted octanol–water partition coefficient (Wildman–Crippen LogP) is 1.18. The highest BCUT2D eigenvalue weighted by Gasteiger charge is 2.09. The number of anilines is 1. The van der Waals surface area contributed by atoms with Gasteiger partial charge in [0.1, 0.15) is 11.0 Å².